The molecule has 0 heteroatoms. The van der Waals surface area contributed by atoms with Crippen molar-refractivity contribution in [2.24, 2.45) is 0 Å². The summed E-state index contributed by atoms with van der Waals surface area (Å²) in [4.78, 5) is 0. The molecule has 2 aliphatic carbocycles. The molecule has 0 amide bonds. The van der Waals surface area contributed by atoms with Crippen molar-refractivity contribution in [3.63, 3.8) is 0 Å². The van der Waals surface area contributed by atoms with Crippen LogP contribution in [0.25, 0.3) is 76.8 Å². The summed E-state index contributed by atoms with van der Waals surface area (Å²) in [6.45, 7) is 13.9. The molecule has 9 aromatic carbocycles. The lowest BCUT2D eigenvalue weighted by Crippen LogP contribution is -2.26. The maximum Gasteiger partial charge on any atom is 0.0725 e. The van der Waals surface area contributed by atoms with E-state index >= 15 is 0 Å². The van der Waals surface area contributed by atoms with E-state index in [-0.39, 0.29) is 10.8 Å². The normalized spacial score (nSPS) is 13.9. The Bertz CT molecular complexity index is 3090. The molecule has 0 radical (unpaired) electrons. The summed E-state index contributed by atoms with van der Waals surface area (Å²) in [5, 5.41) is 7.68. The summed E-state index contributed by atoms with van der Waals surface area (Å²) in [5.41, 5.74) is 18.4. The average Bonchev–Trinajstić information content (AvgIpc) is 3.68. The molecule has 0 aromatic heterocycles. The quantitative estimate of drug-likeness (QED) is 0.155. The van der Waals surface area contributed by atoms with Crippen molar-refractivity contribution < 1.29 is 0 Å². The Morgan fingerprint density at radius 3 is 1.60 bits per heavy atom. The Kier molecular flexibility index (Phi) is 7.10. The van der Waals surface area contributed by atoms with Gasteiger partial charge in [0, 0.05) is 0 Å². The molecule has 0 nitrogen and oxygen atoms in total. The van der Waals surface area contributed by atoms with Crippen LogP contribution in [0.15, 0.2) is 170 Å². The first kappa shape index (κ1) is 34.0. The highest BCUT2D eigenvalue weighted by Crippen LogP contribution is 2.63. The number of hydrogen-bond acceptors (Lipinski definition) is 0. The van der Waals surface area contributed by atoms with Gasteiger partial charge in [0.05, 0.1) is 5.41 Å². The molecule has 0 saturated carbocycles. The van der Waals surface area contributed by atoms with Crippen LogP contribution in [0.2, 0.25) is 0 Å². The predicted octanol–water partition coefficient (Wildman–Crippen LogP) is 15.4. The largest absolute Gasteiger partial charge is 0.0725 e. The van der Waals surface area contributed by atoms with Gasteiger partial charge in [-0.3, -0.25) is 0 Å². The van der Waals surface area contributed by atoms with E-state index in [1.54, 1.807) is 0 Å². The summed E-state index contributed by atoms with van der Waals surface area (Å²) in [6, 6.07) is 65.1. The second-order valence-corrected chi connectivity index (χ2v) is 18.5. The molecule has 274 valence electrons. The minimum absolute atomic E-state index is 0.0300. The Labute approximate surface area is 336 Å². The van der Waals surface area contributed by atoms with Gasteiger partial charge in [0.15, 0.2) is 0 Å². The highest BCUT2D eigenvalue weighted by Gasteiger charge is 2.52. The number of benzene rings is 9. The first-order chi connectivity index (χ1) is 27.5. The molecule has 0 bridgehead atoms. The molecular formula is C57H46. The van der Waals surface area contributed by atoms with Gasteiger partial charge < -0.3 is 0 Å². The van der Waals surface area contributed by atoms with E-state index in [9.17, 15) is 0 Å². The van der Waals surface area contributed by atoms with E-state index in [4.69, 9.17) is 0 Å². The van der Waals surface area contributed by atoms with Gasteiger partial charge in [-0.15, -0.1) is 0 Å². The predicted molar refractivity (Wildman–Crippen MR) is 244 cm³/mol. The number of fused-ring (bicyclic) bond motifs is 13. The third-order valence-corrected chi connectivity index (χ3v) is 13.2. The van der Waals surface area contributed by atoms with Crippen LogP contribution in [0.1, 0.15) is 74.9 Å². The summed E-state index contributed by atoms with van der Waals surface area (Å²) >= 11 is 0. The molecule has 0 saturated heterocycles. The fourth-order valence-electron chi connectivity index (χ4n) is 10.3. The molecule has 0 heterocycles. The third kappa shape index (κ3) is 4.86. The van der Waals surface area contributed by atoms with E-state index < -0.39 is 5.41 Å². The SMILES string of the molecule is CC(C)(C)c1ccc2c(c1)C1(c3ccccc3-c3ccccc31)c1cc(-c3ccc4c(-c5cccc6ccccc56)c5cc(C(C)(C)C)ccc5cc4c3)ccc1-2. The van der Waals surface area contributed by atoms with E-state index in [1.807, 2.05) is 0 Å². The van der Waals surface area contributed by atoms with Crippen molar-refractivity contribution in [2.45, 2.75) is 57.8 Å². The Hall–Kier alpha value is -6.24. The van der Waals surface area contributed by atoms with Gasteiger partial charge in [-0.25, -0.2) is 0 Å². The van der Waals surface area contributed by atoms with E-state index in [0.717, 1.165) is 0 Å². The van der Waals surface area contributed by atoms with Crippen molar-refractivity contribution >= 4 is 32.3 Å². The molecule has 11 rings (SSSR count). The van der Waals surface area contributed by atoms with Gasteiger partial charge in [0.2, 0.25) is 0 Å². The van der Waals surface area contributed by atoms with Crippen LogP contribution in [0.3, 0.4) is 0 Å². The highest BCUT2D eigenvalue weighted by atomic mass is 14.5. The fraction of sp³-hybridized carbons (Fsp3) is 0.158. The molecule has 1 spiro atoms. The Morgan fingerprint density at radius 1 is 0.316 bits per heavy atom. The number of rotatable bonds is 2. The molecule has 2 aliphatic rings. The van der Waals surface area contributed by atoms with Gasteiger partial charge in [0.1, 0.15) is 0 Å². The first-order valence-corrected chi connectivity index (χ1v) is 20.5. The lowest BCUT2D eigenvalue weighted by Gasteiger charge is -2.32. The molecule has 9 aromatic rings. The second kappa shape index (κ2) is 11.9. The van der Waals surface area contributed by atoms with Crippen LogP contribution < -0.4 is 0 Å². The summed E-state index contributed by atoms with van der Waals surface area (Å²) in [7, 11) is 0. The molecule has 0 N–H and O–H groups in total. The Balaban J connectivity index is 1.16. The maximum absolute atomic E-state index is 2.52. The summed E-state index contributed by atoms with van der Waals surface area (Å²) in [5.74, 6) is 0. The van der Waals surface area contributed by atoms with Gasteiger partial charge >= 0.3 is 0 Å². The zero-order valence-corrected chi connectivity index (χ0v) is 33.7. The van der Waals surface area contributed by atoms with Crippen LogP contribution in [-0.2, 0) is 16.2 Å². The minimum atomic E-state index is -0.394. The van der Waals surface area contributed by atoms with Crippen molar-refractivity contribution in [2.75, 3.05) is 0 Å². The van der Waals surface area contributed by atoms with Gasteiger partial charge in [-0.05, 0) is 145 Å². The molecular weight excluding hydrogens is 685 g/mol. The van der Waals surface area contributed by atoms with Crippen LogP contribution in [0, 0.1) is 0 Å². The van der Waals surface area contributed by atoms with E-state index in [1.165, 1.54) is 110 Å². The van der Waals surface area contributed by atoms with Gasteiger partial charge in [0.25, 0.3) is 0 Å². The van der Waals surface area contributed by atoms with E-state index in [2.05, 4.69) is 211 Å². The maximum atomic E-state index is 2.52. The molecule has 0 atom stereocenters. The van der Waals surface area contributed by atoms with Crippen molar-refractivity contribution in [3.8, 4) is 44.5 Å². The standard InChI is InChI=1S/C57H46/c1-55(2,3)40-25-22-38-31-39-30-36(23-27-43(39)54(49(38)33-40)48-19-13-15-35-14-7-8-16-42(35)48)37-24-28-46-47-29-26-41(56(4,5)6)34-53(47)57(52(46)32-37)50-20-11-9-17-44(50)45-18-10-12-21-51(45)57/h7-34H,1-6H3. The van der Waals surface area contributed by atoms with Crippen molar-refractivity contribution in [1.82, 2.24) is 0 Å². The molecule has 57 heavy (non-hydrogen) atoms. The van der Waals surface area contributed by atoms with Crippen LogP contribution >= 0.6 is 0 Å². The monoisotopic (exact) mass is 730 g/mol. The third-order valence-electron chi connectivity index (χ3n) is 13.2. The van der Waals surface area contributed by atoms with Gasteiger partial charge in [-0.2, -0.15) is 0 Å². The molecule has 0 fully saturated rings. The first-order valence-electron chi connectivity index (χ1n) is 20.5. The fourth-order valence-corrected chi connectivity index (χ4v) is 10.3. The van der Waals surface area contributed by atoms with Crippen LogP contribution in [0.4, 0.5) is 0 Å². The van der Waals surface area contributed by atoms with Crippen molar-refractivity contribution in [1.29, 1.82) is 0 Å². The average molecular weight is 731 g/mol. The summed E-state index contributed by atoms with van der Waals surface area (Å²) in [6.07, 6.45) is 0. The smallest absolute Gasteiger partial charge is 0.0619 e. The molecule has 0 aliphatic heterocycles. The topological polar surface area (TPSA) is 0 Å². The van der Waals surface area contributed by atoms with Crippen LogP contribution in [-0.4, -0.2) is 0 Å². The minimum Gasteiger partial charge on any atom is -0.0619 e. The number of hydrogen-bond donors (Lipinski definition) is 0. The Morgan fingerprint density at radius 2 is 0.860 bits per heavy atom. The zero-order chi connectivity index (χ0) is 38.8. The second-order valence-electron chi connectivity index (χ2n) is 18.5. The zero-order valence-electron chi connectivity index (χ0n) is 33.7. The van der Waals surface area contributed by atoms with Crippen LogP contribution in [0.5, 0.6) is 0 Å². The lowest BCUT2D eigenvalue weighted by atomic mass is 9.69. The lowest BCUT2D eigenvalue weighted by molar-refractivity contribution is 0.588. The van der Waals surface area contributed by atoms with Crippen molar-refractivity contribution in [3.05, 3.63) is 203 Å². The summed E-state index contributed by atoms with van der Waals surface area (Å²) < 4.78 is 0. The molecule has 0 unspecified atom stereocenters. The highest BCUT2D eigenvalue weighted by molar-refractivity contribution is 6.17. The van der Waals surface area contributed by atoms with Gasteiger partial charge in [-0.1, -0.05) is 187 Å². The van der Waals surface area contributed by atoms with E-state index in [0.29, 0.717) is 0 Å².